The Labute approximate surface area is 112 Å². The second kappa shape index (κ2) is 5.85. The number of methoxy groups -OCH3 is 1. The van der Waals surface area contributed by atoms with Crippen LogP contribution in [0.15, 0.2) is 35.7 Å². The third kappa shape index (κ3) is 3.12. The van der Waals surface area contributed by atoms with Crippen LogP contribution in [0.1, 0.15) is 10.4 Å². The molecule has 1 aromatic rings. The van der Waals surface area contributed by atoms with E-state index in [1.807, 2.05) is 0 Å². The number of carboxylic acids is 1. The lowest BCUT2D eigenvalue weighted by atomic mass is 10.2. The molecule has 0 saturated heterocycles. The van der Waals surface area contributed by atoms with Crippen molar-refractivity contribution in [2.75, 3.05) is 20.7 Å². The first-order valence-corrected chi connectivity index (χ1v) is 6.77. The molecule has 6 nitrogen and oxygen atoms in total. The van der Waals surface area contributed by atoms with Gasteiger partial charge in [0.15, 0.2) is 0 Å². The molecule has 0 unspecified atom stereocenters. The quantitative estimate of drug-likeness (QED) is 0.794. The number of benzene rings is 1. The molecule has 7 heteroatoms. The third-order valence-electron chi connectivity index (χ3n) is 2.49. The number of sulfonamides is 1. The summed E-state index contributed by atoms with van der Waals surface area (Å²) >= 11 is 0. The van der Waals surface area contributed by atoms with Crippen LogP contribution in [0, 0.1) is 0 Å². The van der Waals surface area contributed by atoms with Gasteiger partial charge in [0.25, 0.3) is 0 Å². The largest absolute Gasteiger partial charge is 0.495 e. The van der Waals surface area contributed by atoms with Crippen LogP contribution in [-0.2, 0) is 10.0 Å². The van der Waals surface area contributed by atoms with Gasteiger partial charge in [0.2, 0.25) is 10.0 Å². The molecule has 0 spiro atoms. The Hall–Kier alpha value is -1.86. The molecule has 0 atom stereocenters. The van der Waals surface area contributed by atoms with Crippen molar-refractivity contribution in [3.63, 3.8) is 0 Å². The Morgan fingerprint density at radius 2 is 2.16 bits per heavy atom. The van der Waals surface area contributed by atoms with Crippen molar-refractivity contribution in [2.24, 2.45) is 0 Å². The minimum atomic E-state index is -3.74. The van der Waals surface area contributed by atoms with E-state index in [4.69, 9.17) is 9.84 Å². The Bertz CT molecular complexity index is 594. The Balaban J connectivity index is 3.34. The van der Waals surface area contributed by atoms with E-state index >= 15 is 0 Å². The number of hydrogen-bond donors (Lipinski definition) is 1. The molecule has 0 aromatic heterocycles. The van der Waals surface area contributed by atoms with Gasteiger partial charge in [-0.2, -0.15) is 4.31 Å². The zero-order valence-electron chi connectivity index (χ0n) is 10.7. The smallest absolute Gasteiger partial charge is 0.335 e. The summed E-state index contributed by atoms with van der Waals surface area (Å²) in [4.78, 5) is 10.8. The van der Waals surface area contributed by atoms with Crippen LogP contribution >= 0.6 is 0 Å². The molecule has 0 aliphatic carbocycles. The van der Waals surface area contributed by atoms with E-state index in [2.05, 4.69) is 6.58 Å². The molecule has 1 aromatic carbocycles. The van der Waals surface area contributed by atoms with Crippen LogP contribution in [0.25, 0.3) is 0 Å². The van der Waals surface area contributed by atoms with Crippen molar-refractivity contribution in [2.45, 2.75) is 4.90 Å². The van der Waals surface area contributed by atoms with Crippen molar-refractivity contribution in [1.29, 1.82) is 0 Å². The van der Waals surface area contributed by atoms with E-state index in [-0.39, 0.29) is 22.8 Å². The van der Waals surface area contributed by atoms with Crippen LogP contribution in [0.4, 0.5) is 0 Å². The van der Waals surface area contributed by atoms with Crippen molar-refractivity contribution in [3.8, 4) is 5.75 Å². The molecule has 0 aliphatic heterocycles. The number of carbonyl (C=O) groups is 1. The molecule has 0 amide bonds. The van der Waals surface area contributed by atoms with Gasteiger partial charge in [-0.15, -0.1) is 6.58 Å². The lowest BCUT2D eigenvalue weighted by Gasteiger charge is -2.17. The SMILES string of the molecule is C=CCN(C)S(=O)(=O)c1ccc(C(=O)O)cc1OC. The van der Waals surface area contributed by atoms with Gasteiger partial charge in [-0.3, -0.25) is 0 Å². The van der Waals surface area contributed by atoms with Gasteiger partial charge >= 0.3 is 5.97 Å². The molecule has 0 heterocycles. The first kappa shape index (κ1) is 15.2. The molecule has 0 radical (unpaired) electrons. The van der Waals surface area contributed by atoms with Crippen molar-refractivity contribution in [1.82, 2.24) is 4.31 Å². The Morgan fingerprint density at radius 3 is 2.63 bits per heavy atom. The third-order valence-corrected chi connectivity index (χ3v) is 4.35. The van der Waals surface area contributed by atoms with E-state index in [0.29, 0.717) is 0 Å². The molecule has 104 valence electrons. The average Bonchev–Trinajstić information content (AvgIpc) is 2.38. The summed E-state index contributed by atoms with van der Waals surface area (Å²) in [6, 6.07) is 3.62. The lowest BCUT2D eigenvalue weighted by Crippen LogP contribution is -2.27. The summed E-state index contributed by atoms with van der Waals surface area (Å²) in [5.74, 6) is -1.16. The molecule has 0 fully saturated rings. The molecule has 0 saturated carbocycles. The van der Waals surface area contributed by atoms with E-state index in [0.717, 1.165) is 4.31 Å². The fourth-order valence-corrected chi connectivity index (χ4v) is 2.74. The number of aromatic carboxylic acids is 1. The number of hydrogen-bond acceptors (Lipinski definition) is 4. The van der Waals surface area contributed by atoms with E-state index in [1.165, 1.54) is 38.4 Å². The number of likely N-dealkylation sites (N-methyl/N-ethyl adjacent to an activating group) is 1. The highest BCUT2D eigenvalue weighted by Gasteiger charge is 2.24. The summed E-state index contributed by atoms with van der Waals surface area (Å²) in [6.07, 6.45) is 1.45. The fraction of sp³-hybridized carbons (Fsp3) is 0.250. The molecule has 1 rings (SSSR count). The number of ether oxygens (including phenoxy) is 1. The highest BCUT2D eigenvalue weighted by atomic mass is 32.2. The van der Waals surface area contributed by atoms with Crippen molar-refractivity contribution >= 4 is 16.0 Å². The predicted octanol–water partition coefficient (Wildman–Crippen LogP) is 1.20. The standard InChI is InChI=1S/C12H15NO5S/c1-4-7-13(2)19(16,17)11-6-5-9(12(14)15)8-10(11)18-3/h4-6,8H,1,7H2,2-3H3,(H,14,15). The van der Waals surface area contributed by atoms with E-state index in [1.54, 1.807) is 0 Å². The predicted molar refractivity (Wildman–Crippen MR) is 70.0 cm³/mol. The Kier molecular flexibility index (Phi) is 4.68. The van der Waals surface area contributed by atoms with E-state index < -0.39 is 16.0 Å². The molecule has 0 bridgehead atoms. The highest BCUT2D eigenvalue weighted by Crippen LogP contribution is 2.27. The zero-order chi connectivity index (χ0) is 14.6. The summed E-state index contributed by atoms with van der Waals surface area (Å²) < 4.78 is 30.5. The molecule has 1 N–H and O–H groups in total. The summed E-state index contributed by atoms with van der Waals surface area (Å²) in [6.45, 7) is 3.62. The first-order chi connectivity index (χ1) is 8.84. The lowest BCUT2D eigenvalue weighted by molar-refractivity contribution is 0.0696. The van der Waals surface area contributed by atoms with Crippen LogP contribution in [0.5, 0.6) is 5.75 Å². The van der Waals surface area contributed by atoms with Crippen LogP contribution in [-0.4, -0.2) is 44.5 Å². The Morgan fingerprint density at radius 1 is 1.53 bits per heavy atom. The number of rotatable bonds is 6. The van der Waals surface area contributed by atoms with Crippen LogP contribution in [0.3, 0.4) is 0 Å². The maximum absolute atomic E-state index is 12.2. The molecule has 19 heavy (non-hydrogen) atoms. The topological polar surface area (TPSA) is 83.9 Å². The normalized spacial score (nSPS) is 11.3. The summed E-state index contributed by atoms with van der Waals surface area (Å²) in [7, 11) is -1.05. The van der Waals surface area contributed by atoms with Crippen LogP contribution < -0.4 is 4.74 Å². The number of nitrogens with zero attached hydrogens (tertiary/aromatic N) is 1. The molecular weight excluding hydrogens is 270 g/mol. The van der Waals surface area contributed by atoms with Gasteiger partial charge < -0.3 is 9.84 Å². The number of carboxylic acid groups (broad SMARTS) is 1. The zero-order valence-corrected chi connectivity index (χ0v) is 11.5. The maximum Gasteiger partial charge on any atom is 0.335 e. The summed E-state index contributed by atoms with van der Waals surface area (Å²) in [5.41, 5.74) is -0.0397. The fourth-order valence-electron chi connectivity index (χ4n) is 1.46. The van der Waals surface area contributed by atoms with Gasteiger partial charge in [0.1, 0.15) is 10.6 Å². The molecular formula is C12H15NO5S. The average molecular weight is 285 g/mol. The van der Waals surface area contributed by atoms with Gasteiger partial charge in [0, 0.05) is 13.6 Å². The minimum absolute atomic E-state index is 0.00388. The molecule has 0 aliphatic rings. The first-order valence-electron chi connectivity index (χ1n) is 5.33. The highest BCUT2D eigenvalue weighted by molar-refractivity contribution is 7.89. The van der Waals surface area contributed by atoms with E-state index in [9.17, 15) is 13.2 Å². The van der Waals surface area contributed by atoms with Gasteiger partial charge in [0.05, 0.1) is 12.7 Å². The minimum Gasteiger partial charge on any atom is -0.495 e. The van der Waals surface area contributed by atoms with Gasteiger partial charge in [-0.05, 0) is 18.2 Å². The maximum atomic E-state index is 12.2. The second-order valence-corrected chi connectivity index (χ2v) is 5.76. The monoisotopic (exact) mass is 285 g/mol. The van der Waals surface area contributed by atoms with Crippen LogP contribution in [0.2, 0.25) is 0 Å². The summed E-state index contributed by atoms with van der Waals surface area (Å²) in [5, 5.41) is 8.86. The van der Waals surface area contributed by atoms with Gasteiger partial charge in [-0.1, -0.05) is 6.08 Å². The second-order valence-electron chi connectivity index (χ2n) is 3.75. The van der Waals surface area contributed by atoms with Gasteiger partial charge in [-0.25, -0.2) is 13.2 Å². The van der Waals surface area contributed by atoms with Crippen molar-refractivity contribution in [3.05, 3.63) is 36.4 Å². The van der Waals surface area contributed by atoms with Crippen molar-refractivity contribution < 1.29 is 23.1 Å².